The molecule has 1 N–H and O–H groups in total. The van der Waals surface area contributed by atoms with Crippen molar-refractivity contribution in [2.24, 2.45) is 0 Å². The number of amides is 2. The Hall–Kier alpha value is -2.90. The van der Waals surface area contributed by atoms with E-state index in [4.69, 9.17) is 9.47 Å². The summed E-state index contributed by atoms with van der Waals surface area (Å²) in [5.41, 5.74) is 2.74. The van der Waals surface area contributed by atoms with E-state index in [1.807, 2.05) is 43.4 Å². The Labute approximate surface area is 182 Å². The number of carbonyl (C=O) groups is 2. The number of hydrogen-bond donors (Lipinski definition) is 1. The molecule has 164 valence electrons. The summed E-state index contributed by atoms with van der Waals surface area (Å²) in [4.78, 5) is 29.8. The van der Waals surface area contributed by atoms with Crippen molar-refractivity contribution >= 4 is 17.5 Å². The Kier molecular flexibility index (Phi) is 6.53. The number of nitrogens with zero attached hydrogens (tertiary/aromatic N) is 2. The number of fused-ring (bicyclic) bond motifs is 1. The lowest BCUT2D eigenvalue weighted by molar-refractivity contribution is -0.134. The Morgan fingerprint density at radius 1 is 1.19 bits per heavy atom. The van der Waals surface area contributed by atoms with Crippen molar-refractivity contribution in [3.8, 4) is 5.75 Å². The number of ether oxygens (including phenoxy) is 2. The van der Waals surface area contributed by atoms with Gasteiger partial charge in [-0.05, 0) is 29.3 Å². The van der Waals surface area contributed by atoms with Crippen LogP contribution in [-0.2, 0) is 14.3 Å². The Morgan fingerprint density at radius 3 is 2.61 bits per heavy atom. The predicted molar refractivity (Wildman–Crippen MR) is 118 cm³/mol. The normalized spacial score (nSPS) is 19.8. The van der Waals surface area contributed by atoms with Crippen LogP contribution in [0.3, 0.4) is 0 Å². The van der Waals surface area contributed by atoms with Gasteiger partial charge >= 0.3 is 0 Å². The van der Waals surface area contributed by atoms with Crippen molar-refractivity contribution in [1.82, 2.24) is 9.80 Å². The van der Waals surface area contributed by atoms with Crippen molar-refractivity contribution in [2.45, 2.75) is 18.4 Å². The first-order valence-corrected chi connectivity index (χ1v) is 10.7. The van der Waals surface area contributed by atoms with Gasteiger partial charge in [-0.2, -0.15) is 0 Å². The molecule has 0 bridgehead atoms. The number of methoxy groups -OCH3 is 1. The van der Waals surface area contributed by atoms with E-state index in [0.717, 1.165) is 35.7 Å². The first-order chi connectivity index (χ1) is 15.1. The lowest BCUT2D eigenvalue weighted by Gasteiger charge is -2.38. The molecule has 2 aliphatic heterocycles. The highest BCUT2D eigenvalue weighted by atomic mass is 16.5. The van der Waals surface area contributed by atoms with Gasteiger partial charge in [-0.25, -0.2) is 0 Å². The van der Waals surface area contributed by atoms with Gasteiger partial charge in [-0.15, -0.1) is 0 Å². The molecule has 1 fully saturated rings. The molecule has 0 saturated carbocycles. The van der Waals surface area contributed by atoms with E-state index < -0.39 is 5.92 Å². The third kappa shape index (κ3) is 4.73. The second-order valence-electron chi connectivity index (χ2n) is 8.05. The summed E-state index contributed by atoms with van der Waals surface area (Å²) in [5.74, 6) is 0.189. The third-order valence-electron chi connectivity index (χ3n) is 6.11. The highest BCUT2D eigenvalue weighted by Gasteiger charge is 2.34. The fourth-order valence-electron chi connectivity index (χ4n) is 4.39. The molecule has 1 saturated heterocycles. The molecule has 0 unspecified atom stereocenters. The summed E-state index contributed by atoms with van der Waals surface area (Å²) in [6.45, 7) is 3.52. The highest BCUT2D eigenvalue weighted by molar-refractivity contribution is 6.01. The number of nitrogens with one attached hydrogen (secondary N) is 1. The van der Waals surface area contributed by atoms with E-state index in [1.54, 1.807) is 12.0 Å². The molecule has 7 heteroatoms. The van der Waals surface area contributed by atoms with Gasteiger partial charge < -0.3 is 19.7 Å². The molecule has 0 radical (unpaired) electrons. The maximum Gasteiger partial charge on any atom is 0.230 e. The summed E-state index contributed by atoms with van der Waals surface area (Å²) in [6, 6.07) is 15.6. The number of anilines is 1. The van der Waals surface area contributed by atoms with Crippen molar-refractivity contribution < 1.29 is 19.1 Å². The molecular weight excluding hydrogens is 394 g/mol. The van der Waals surface area contributed by atoms with Crippen LogP contribution < -0.4 is 10.1 Å². The number of hydrogen-bond acceptors (Lipinski definition) is 5. The number of rotatable bonds is 6. The van der Waals surface area contributed by atoms with E-state index in [-0.39, 0.29) is 24.3 Å². The summed E-state index contributed by atoms with van der Waals surface area (Å²) < 4.78 is 10.8. The Balaban J connectivity index is 1.56. The summed E-state index contributed by atoms with van der Waals surface area (Å²) >= 11 is 0. The lowest BCUT2D eigenvalue weighted by atomic mass is 9.89. The Bertz CT molecular complexity index is 925. The van der Waals surface area contributed by atoms with E-state index >= 15 is 0 Å². The van der Waals surface area contributed by atoms with Gasteiger partial charge in [0, 0.05) is 38.8 Å². The molecule has 2 heterocycles. The molecule has 0 spiro atoms. The van der Waals surface area contributed by atoms with Crippen LogP contribution in [0.4, 0.5) is 5.69 Å². The van der Waals surface area contributed by atoms with Crippen molar-refractivity contribution in [3.63, 3.8) is 0 Å². The van der Waals surface area contributed by atoms with Gasteiger partial charge in [0.25, 0.3) is 0 Å². The minimum absolute atomic E-state index is 0.0333. The zero-order valence-corrected chi connectivity index (χ0v) is 18.0. The highest BCUT2D eigenvalue weighted by Crippen LogP contribution is 2.34. The second kappa shape index (κ2) is 9.49. The van der Waals surface area contributed by atoms with Crippen LogP contribution in [0, 0.1) is 0 Å². The Morgan fingerprint density at radius 2 is 1.90 bits per heavy atom. The third-order valence-corrected chi connectivity index (χ3v) is 6.11. The van der Waals surface area contributed by atoms with Crippen LogP contribution in [0.5, 0.6) is 5.75 Å². The maximum atomic E-state index is 13.4. The minimum atomic E-state index is -0.462. The minimum Gasteiger partial charge on any atom is -0.497 e. The van der Waals surface area contributed by atoms with Gasteiger partial charge in [-0.1, -0.05) is 30.3 Å². The van der Waals surface area contributed by atoms with E-state index in [1.165, 1.54) is 0 Å². The molecule has 2 atom stereocenters. The summed E-state index contributed by atoms with van der Waals surface area (Å²) in [7, 11) is 3.48. The number of benzene rings is 2. The van der Waals surface area contributed by atoms with E-state index in [0.29, 0.717) is 19.8 Å². The van der Waals surface area contributed by atoms with Crippen LogP contribution >= 0.6 is 0 Å². The van der Waals surface area contributed by atoms with Crippen LogP contribution in [0.1, 0.15) is 29.5 Å². The average Bonchev–Trinajstić information content (AvgIpc) is 2.82. The first kappa shape index (κ1) is 21.3. The molecule has 2 aromatic carbocycles. The number of likely N-dealkylation sites (N-methyl/N-ethyl adjacent to an activating group) is 1. The van der Waals surface area contributed by atoms with Crippen LogP contribution in [0.25, 0.3) is 0 Å². The quantitative estimate of drug-likeness (QED) is 0.774. The second-order valence-corrected chi connectivity index (χ2v) is 8.05. The molecule has 0 aromatic heterocycles. The zero-order chi connectivity index (χ0) is 21.8. The standard InChI is InChI=1S/C24H29N3O4/c1-26(24(29)20-15-23(28)25-21-6-4-3-5-19(20)21)16-22(27-11-13-31-14-12-27)17-7-9-18(30-2)10-8-17/h3-10,20,22H,11-16H2,1-2H3,(H,25,28)/t20-,22+/m0/s1. The largest absolute Gasteiger partial charge is 0.497 e. The first-order valence-electron chi connectivity index (χ1n) is 10.7. The number of morpholine rings is 1. The molecular formula is C24H29N3O4. The van der Waals surface area contributed by atoms with Crippen molar-refractivity contribution in [2.75, 3.05) is 52.3 Å². The van der Waals surface area contributed by atoms with Crippen LogP contribution in [0.2, 0.25) is 0 Å². The molecule has 4 rings (SSSR count). The van der Waals surface area contributed by atoms with Crippen LogP contribution in [0.15, 0.2) is 48.5 Å². The zero-order valence-electron chi connectivity index (χ0n) is 18.0. The SMILES string of the molecule is COc1ccc([C@@H](CN(C)C(=O)[C@H]2CC(=O)Nc3ccccc32)N2CCOCC2)cc1. The fraction of sp³-hybridized carbons (Fsp3) is 0.417. The molecule has 31 heavy (non-hydrogen) atoms. The summed E-state index contributed by atoms with van der Waals surface area (Å²) in [5, 5.41) is 2.87. The van der Waals surface area contributed by atoms with Crippen molar-refractivity contribution in [3.05, 3.63) is 59.7 Å². The van der Waals surface area contributed by atoms with E-state index in [2.05, 4.69) is 22.3 Å². The topological polar surface area (TPSA) is 71.1 Å². The van der Waals surface area contributed by atoms with Gasteiger partial charge in [0.15, 0.2) is 0 Å². The molecule has 7 nitrogen and oxygen atoms in total. The molecule has 2 aliphatic rings. The van der Waals surface area contributed by atoms with Crippen molar-refractivity contribution in [1.29, 1.82) is 0 Å². The number of carbonyl (C=O) groups excluding carboxylic acids is 2. The maximum absolute atomic E-state index is 13.4. The van der Waals surface area contributed by atoms with Gasteiger partial charge in [0.05, 0.1) is 32.3 Å². The van der Waals surface area contributed by atoms with Gasteiger partial charge in [-0.3, -0.25) is 14.5 Å². The summed E-state index contributed by atoms with van der Waals surface area (Å²) in [6.07, 6.45) is 0.172. The average molecular weight is 424 g/mol. The molecule has 2 amide bonds. The predicted octanol–water partition coefficient (Wildman–Crippen LogP) is 2.65. The molecule has 2 aromatic rings. The lowest BCUT2D eigenvalue weighted by Crippen LogP contribution is -2.45. The van der Waals surface area contributed by atoms with Crippen LogP contribution in [-0.4, -0.2) is 68.6 Å². The smallest absolute Gasteiger partial charge is 0.230 e. The monoisotopic (exact) mass is 423 g/mol. The fourth-order valence-corrected chi connectivity index (χ4v) is 4.39. The molecule has 0 aliphatic carbocycles. The van der Waals surface area contributed by atoms with Gasteiger partial charge in [0.2, 0.25) is 11.8 Å². The van der Waals surface area contributed by atoms with E-state index in [9.17, 15) is 9.59 Å². The number of para-hydroxylation sites is 1. The van der Waals surface area contributed by atoms with Gasteiger partial charge in [0.1, 0.15) is 5.75 Å².